The van der Waals surface area contributed by atoms with Gasteiger partial charge >= 0.3 is 5.97 Å². The van der Waals surface area contributed by atoms with E-state index in [1.54, 1.807) is 32.0 Å². The average molecular weight is 231 g/mol. The Kier molecular flexibility index (Phi) is 4.29. The van der Waals surface area contributed by atoms with Crippen molar-refractivity contribution in [3.63, 3.8) is 0 Å². The van der Waals surface area contributed by atoms with Gasteiger partial charge in [0.15, 0.2) is 0 Å². The van der Waals surface area contributed by atoms with Crippen molar-refractivity contribution in [1.29, 1.82) is 5.26 Å². The predicted molar refractivity (Wildman–Crippen MR) is 63.0 cm³/mol. The second-order valence-corrected chi connectivity index (χ2v) is 3.37. The largest absolute Gasteiger partial charge is 0.501 e. The van der Waals surface area contributed by atoms with Gasteiger partial charge in [-0.3, -0.25) is 0 Å². The molecule has 88 valence electrons. The van der Waals surface area contributed by atoms with Crippen LogP contribution in [0.1, 0.15) is 18.1 Å². The monoisotopic (exact) mass is 231 g/mol. The number of aliphatic hydroxyl groups excluding tert-OH is 1. The third kappa shape index (κ3) is 2.85. The van der Waals surface area contributed by atoms with Crippen molar-refractivity contribution in [3.05, 3.63) is 41.2 Å². The van der Waals surface area contributed by atoms with Crippen molar-refractivity contribution in [2.75, 3.05) is 6.61 Å². The summed E-state index contributed by atoms with van der Waals surface area (Å²) >= 11 is 0. The van der Waals surface area contributed by atoms with Gasteiger partial charge in [-0.2, -0.15) is 5.26 Å². The van der Waals surface area contributed by atoms with Gasteiger partial charge in [0.25, 0.3) is 0 Å². The number of rotatable bonds is 3. The Balaban J connectivity index is 3.25. The lowest BCUT2D eigenvalue weighted by atomic mass is 10.0. The molecule has 0 radical (unpaired) electrons. The Hall–Kier alpha value is -2.28. The number of carbonyl (C=O) groups excluding carboxylic acids is 1. The van der Waals surface area contributed by atoms with Crippen LogP contribution in [-0.4, -0.2) is 17.7 Å². The summed E-state index contributed by atoms with van der Waals surface area (Å²) in [6.07, 6.45) is 0. The van der Waals surface area contributed by atoms with Gasteiger partial charge in [-0.1, -0.05) is 24.3 Å². The second kappa shape index (κ2) is 5.71. The van der Waals surface area contributed by atoms with Crippen LogP contribution in [0.15, 0.2) is 30.0 Å². The number of aryl methyl sites for hydroxylation is 1. The van der Waals surface area contributed by atoms with Crippen molar-refractivity contribution in [2.45, 2.75) is 13.8 Å². The second-order valence-electron chi connectivity index (χ2n) is 3.37. The van der Waals surface area contributed by atoms with Crippen LogP contribution >= 0.6 is 0 Å². The molecule has 0 atom stereocenters. The van der Waals surface area contributed by atoms with Crippen LogP contribution in [0.2, 0.25) is 0 Å². The zero-order chi connectivity index (χ0) is 12.8. The van der Waals surface area contributed by atoms with E-state index in [-0.39, 0.29) is 12.2 Å². The van der Waals surface area contributed by atoms with Gasteiger partial charge < -0.3 is 9.84 Å². The maximum Gasteiger partial charge on any atom is 0.374 e. The molecule has 0 spiro atoms. The fourth-order valence-electron chi connectivity index (χ4n) is 1.40. The highest BCUT2D eigenvalue weighted by atomic mass is 16.5. The van der Waals surface area contributed by atoms with Crippen molar-refractivity contribution >= 4 is 11.5 Å². The Labute approximate surface area is 99.8 Å². The molecule has 0 aliphatic heterocycles. The molecule has 0 aliphatic carbocycles. The molecule has 4 nitrogen and oxygen atoms in total. The van der Waals surface area contributed by atoms with Crippen LogP contribution in [0.25, 0.3) is 5.57 Å². The van der Waals surface area contributed by atoms with Crippen LogP contribution < -0.4 is 0 Å². The molecule has 0 aromatic heterocycles. The lowest BCUT2D eigenvalue weighted by Crippen LogP contribution is -2.09. The molecule has 0 amide bonds. The number of benzene rings is 1. The SMILES string of the molecule is CCOC(=O)/C(O)=C(\C#N)c1ccccc1C. The third-order valence-electron chi connectivity index (χ3n) is 2.23. The van der Waals surface area contributed by atoms with Gasteiger partial charge in [-0.25, -0.2) is 4.79 Å². The molecule has 0 fully saturated rings. The van der Waals surface area contributed by atoms with Crippen molar-refractivity contribution < 1.29 is 14.6 Å². The van der Waals surface area contributed by atoms with E-state index in [2.05, 4.69) is 4.74 Å². The van der Waals surface area contributed by atoms with Gasteiger partial charge in [-0.15, -0.1) is 0 Å². The normalized spacial score (nSPS) is 11.4. The number of hydrogen-bond donors (Lipinski definition) is 1. The fourth-order valence-corrected chi connectivity index (χ4v) is 1.40. The molecule has 0 bridgehead atoms. The lowest BCUT2D eigenvalue weighted by Gasteiger charge is -2.06. The number of ether oxygens (including phenoxy) is 1. The lowest BCUT2D eigenvalue weighted by molar-refractivity contribution is -0.141. The maximum absolute atomic E-state index is 11.3. The van der Waals surface area contributed by atoms with E-state index >= 15 is 0 Å². The number of esters is 1. The first-order valence-corrected chi connectivity index (χ1v) is 5.18. The molecule has 4 heteroatoms. The summed E-state index contributed by atoms with van der Waals surface area (Å²) in [7, 11) is 0. The Morgan fingerprint density at radius 3 is 2.65 bits per heavy atom. The molecule has 0 heterocycles. The average Bonchev–Trinajstić information content (AvgIpc) is 2.32. The Morgan fingerprint density at radius 1 is 1.47 bits per heavy atom. The molecular weight excluding hydrogens is 218 g/mol. The number of allylic oxidation sites excluding steroid dienone is 1. The maximum atomic E-state index is 11.3. The molecule has 0 unspecified atom stereocenters. The number of carbonyl (C=O) groups is 1. The minimum Gasteiger partial charge on any atom is -0.501 e. The highest BCUT2D eigenvalue weighted by Crippen LogP contribution is 2.21. The number of aliphatic hydroxyl groups is 1. The first kappa shape index (κ1) is 12.8. The summed E-state index contributed by atoms with van der Waals surface area (Å²) < 4.78 is 4.65. The molecular formula is C13H13NO3. The third-order valence-corrected chi connectivity index (χ3v) is 2.23. The summed E-state index contributed by atoms with van der Waals surface area (Å²) in [5.74, 6) is -1.53. The summed E-state index contributed by atoms with van der Waals surface area (Å²) in [6, 6.07) is 8.84. The topological polar surface area (TPSA) is 70.3 Å². The number of hydrogen-bond acceptors (Lipinski definition) is 4. The van der Waals surface area contributed by atoms with Gasteiger partial charge in [0, 0.05) is 0 Å². The van der Waals surface area contributed by atoms with Crippen molar-refractivity contribution in [1.82, 2.24) is 0 Å². The molecule has 0 aliphatic rings. The zero-order valence-corrected chi connectivity index (χ0v) is 9.73. The Bertz CT molecular complexity index is 498. The van der Waals surface area contributed by atoms with E-state index in [1.807, 2.05) is 12.1 Å². The van der Waals surface area contributed by atoms with Gasteiger partial charge in [0.2, 0.25) is 5.76 Å². The summed E-state index contributed by atoms with van der Waals surface area (Å²) in [4.78, 5) is 11.3. The summed E-state index contributed by atoms with van der Waals surface area (Å²) in [6.45, 7) is 3.57. The summed E-state index contributed by atoms with van der Waals surface area (Å²) in [5, 5.41) is 18.7. The van der Waals surface area contributed by atoms with E-state index in [1.165, 1.54) is 0 Å². The van der Waals surface area contributed by atoms with E-state index < -0.39 is 11.7 Å². The van der Waals surface area contributed by atoms with E-state index in [9.17, 15) is 9.90 Å². The molecule has 0 saturated heterocycles. The smallest absolute Gasteiger partial charge is 0.374 e. The van der Waals surface area contributed by atoms with Crippen LogP contribution in [-0.2, 0) is 9.53 Å². The van der Waals surface area contributed by atoms with Crippen LogP contribution in [0.3, 0.4) is 0 Å². The molecule has 1 N–H and O–H groups in total. The standard InChI is InChI=1S/C13H13NO3/c1-3-17-13(16)12(15)11(8-14)10-7-5-4-6-9(10)2/h4-7,15H,3H2,1-2H3/b12-11-. The number of nitrogens with zero attached hydrogens (tertiary/aromatic N) is 1. The molecule has 1 rings (SSSR count). The first-order valence-electron chi connectivity index (χ1n) is 5.18. The van der Waals surface area contributed by atoms with Crippen LogP contribution in [0, 0.1) is 18.3 Å². The molecule has 0 saturated carbocycles. The van der Waals surface area contributed by atoms with Crippen molar-refractivity contribution in [3.8, 4) is 6.07 Å². The zero-order valence-electron chi connectivity index (χ0n) is 9.73. The predicted octanol–water partition coefficient (Wildman–Crippen LogP) is 2.35. The van der Waals surface area contributed by atoms with E-state index in [0.29, 0.717) is 5.56 Å². The quantitative estimate of drug-likeness (QED) is 0.375. The summed E-state index contributed by atoms with van der Waals surface area (Å²) in [5.41, 5.74) is 1.27. The van der Waals surface area contributed by atoms with Crippen molar-refractivity contribution in [2.24, 2.45) is 0 Å². The van der Waals surface area contributed by atoms with Gasteiger partial charge in [0.05, 0.1) is 6.61 Å². The van der Waals surface area contributed by atoms with Gasteiger partial charge in [-0.05, 0) is 25.0 Å². The van der Waals surface area contributed by atoms with Crippen LogP contribution in [0.4, 0.5) is 0 Å². The highest BCUT2D eigenvalue weighted by molar-refractivity contribution is 5.99. The van der Waals surface area contributed by atoms with E-state index in [4.69, 9.17) is 5.26 Å². The fraction of sp³-hybridized carbons (Fsp3) is 0.231. The molecule has 1 aromatic rings. The highest BCUT2D eigenvalue weighted by Gasteiger charge is 2.17. The van der Waals surface area contributed by atoms with Crippen LogP contribution in [0.5, 0.6) is 0 Å². The number of nitriles is 1. The minimum absolute atomic E-state index is 0.0680. The minimum atomic E-state index is -0.882. The van der Waals surface area contributed by atoms with E-state index in [0.717, 1.165) is 5.56 Å². The Morgan fingerprint density at radius 2 is 2.12 bits per heavy atom. The first-order chi connectivity index (χ1) is 8.11. The molecule has 1 aromatic carbocycles. The molecule has 17 heavy (non-hydrogen) atoms. The van der Waals surface area contributed by atoms with Gasteiger partial charge in [0.1, 0.15) is 11.6 Å².